The van der Waals surface area contributed by atoms with Crippen LogP contribution in [-0.2, 0) is 0 Å². The Labute approximate surface area is 106 Å². The van der Waals surface area contributed by atoms with Gasteiger partial charge in [0.05, 0.1) is 18.7 Å². The molecule has 0 saturated heterocycles. The lowest BCUT2D eigenvalue weighted by atomic mass is 10.2. The summed E-state index contributed by atoms with van der Waals surface area (Å²) in [6, 6.07) is 0. The number of aliphatic hydroxyl groups excluding tert-OH is 1. The van der Waals surface area contributed by atoms with Crippen molar-refractivity contribution in [2.45, 2.75) is 18.7 Å². The number of aromatic nitrogens is 2. The average molecular weight is 286 g/mol. The molecule has 0 aliphatic carbocycles. The third-order valence-corrected chi connectivity index (χ3v) is 2.04. The molecule has 0 spiro atoms. The first kappa shape index (κ1) is 14.8. The van der Waals surface area contributed by atoms with E-state index in [4.69, 9.17) is 21.4 Å². The molecule has 0 radical (unpaired) electrons. The van der Waals surface area contributed by atoms with Crippen molar-refractivity contribution in [2.75, 3.05) is 19.0 Å². The highest BCUT2D eigenvalue weighted by Crippen LogP contribution is 2.24. The average Bonchev–Trinajstić information content (AvgIpc) is 2.24. The summed E-state index contributed by atoms with van der Waals surface area (Å²) in [6.45, 7) is -0.515. The summed E-state index contributed by atoms with van der Waals surface area (Å²) in [5.41, 5.74) is 0. The molecular weight excluding hydrogens is 275 g/mol. The topological polar surface area (TPSA) is 67.3 Å². The number of alkyl halides is 3. The molecule has 0 fully saturated rings. The van der Waals surface area contributed by atoms with Crippen molar-refractivity contribution in [2.24, 2.45) is 0 Å². The van der Waals surface area contributed by atoms with Gasteiger partial charge in [-0.1, -0.05) is 0 Å². The molecule has 1 atom stereocenters. The molecule has 1 aromatic heterocycles. The van der Waals surface area contributed by atoms with Crippen LogP contribution in [0.15, 0.2) is 6.20 Å². The van der Waals surface area contributed by atoms with Gasteiger partial charge in [0.1, 0.15) is 6.61 Å². The second-order valence-electron chi connectivity index (χ2n) is 3.39. The summed E-state index contributed by atoms with van der Waals surface area (Å²) >= 11 is 5.53. The third kappa shape index (κ3) is 4.92. The highest BCUT2D eigenvalue weighted by Gasteiger charge is 2.31. The zero-order chi connectivity index (χ0) is 13.8. The van der Waals surface area contributed by atoms with Gasteiger partial charge in [0, 0.05) is 7.05 Å². The van der Waals surface area contributed by atoms with Crippen molar-refractivity contribution in [1.29, 1.82) is 0 Å². The fourth-order valence-electron chi connectivity index (χ4n) is 1.15. The molecule has 1 unspecified atom stereocenters. The van der Waals surface area contributed by atoms with E-state index < -0.39 is 25.3 Å². The first-order valence-electron chi connectivity index (χ1n) is 4.89. The quantitative estimate of drug-likeness (QED) is 0.808. The number of hydrogen-bond acceptors (Lipinski definition) is 5. The van der Waals surface area contributed by atoms with Crippen molar-refractivity contribution in [3.8, 4) is 5.75 Å². The van der Waals surface area contributed by atoms with E-state index in [2.05, 4.69) is 15.3 Å². The predicted molar refractivity (Wildman–Crippen MR) is 58.8 cm³/mol. The summed E-state index contributed by atoms with van der Waals surface area (Å²) in [5, 5.41) is 11.8. The first-order valence-corrected chi connectivity index (χ1v) is 5.27. The minimum absolute atomic E-state index is 0.0254. The van der Waals surface area contributed by atoms with Crippen LogP contribution in [0, 0.1) is 0 Å². The van der Waals surface area contributed by atoms with Crippen LogP contribution in [0.1, 0.15) is 6.42 Å². The van der Waals surface area contributed by atoms with E-state index in [1.54, 1.807) is 0 Å². The Bertz CT molecular complexity index is 403. The van der Waals surface area contributed by atoms with E-state index in [0.29, 0.717) is 0 Å². The normalized spacial score (nSPS) is 13.2. The third-order valence-electron chi connectivity index (χ3n) is 1.86. The van der Waals surface area contributed by atoms with Gasteiger partial charge in [0.25, 0.3) is 0 Å². The van der Waals surface area contributed by atoms with Crippen LogP contribution >= 0.6 is 11.6 Å². The highest BCUT2D eigenvalue weighted by molar-refractivity contribution is 6.28. The Morgan fingerprint density at radius 3 is 2.78 bits per heavy atom. The SMILES string of the molecule is CNc1nc(Cl)ncc1OCC(O)CC(F)(F)F. The van der Waals surface area contributed by atoms with Gasteiger partial charge in [-0.05, 0) is 11.6 Å². The Balaban J connectivity index is 2.58. The monoisotopic (exact) mass is 285 g/mol. The standard InChI is InChI=1S/C9H11ClF3N3O2/c1-14-7-6(3-15-8(10)16-7)18-4-5(17)2-9(11,12)13/h3,5,17H,2,4H2,1H3,(H,14,15,16). The van der Waals surface area contributed by atoms with Gasteiger partial charge in [0.2, 0.25) is 5.28 Å². The summed E-state index contributed by atoms with van der Waals surface area (Å²) in [7, 11) is 1.54. The smallest absolute Gasteiger partial charge is 0.391 e. The van der Waals surface area contributed by atoms with Crippen molar-refractivity contribution in [1.82, 2.24) is 9.97 Å². The largest absolute Gasteiger partial charge is 0.485 e. The zero-order valence-electron chi connectivity index (χ0n) is 9.33. The molecular formula is C9H11ClF3N3O2. The zero-order valence-corrected chi connectivity index (χ0v) is 10.1. The number of ether oxygens (including phenoxy) is 1. The summed E-state index contributed by atoms with van der Waals surface area (Å²) in [6.07, 6.45) is -6.21. The summed E-state index contributed by atoms with van der Waals surface area (Å²) in [5.74, 6) is 0.345. The molecule has 1 heterocycles. The van der Waals surface area contributed by atoms with Crippen LogP contribution in [0.25, 0.3) is 0 Å². The summed E-state index contributed by atoms with van der Waals surface area (Å²) < 4.78 is 40.9. The minimum Gasteiger partial charge on any atom is -0.485 e. The maximum absolute atomic E-state index is 12.0. The number of halogens is 4. The Morgan fingerprint density at radius 2 is 2.22 bits per heavy atom. The van der Waals surface area contributed by atoms with Crippen LogP contribution in [-0.4, -0.2) is 41.0 Å². The van der Waals surface area contributed by atoms with Crippen LogP contribution in [0.4, 0.5) is 19.0 Å². The number of nitrogens with zero attached hydrogens (tertiary/aromatic N) is 2. The highest BCUT2D eigenvalue weighted by atomic mass is 35.5. The Hall–Kier alpha value is -1.28. The molecule has 1 aromatic rings. The molecule has 0 aliphatic rings. The van der Waals surface area contributed by atoms with Crippen molar-refractivity contribution < 1.29 is 23.0 Å². The van der Waals surface area contributed by atoms with Crippen molar-refractivity contribution in [3.63, 3.8) is 0 Å². The van der Waals surface area contributed by atoms with Gasteiger partial charge in [-0.2, -0.15) is 18.2 Å². The number of anilines is 1. The maximum atomic E-state index is 12.0. The number of aliphatic hydroxyl groups is 1. The Kier molecular flexibility index (Phi) is 4.97. The van der Waals surface area contributed by atoms with Crippen LogP contribution in [0.2, 0.25) is 5.28 Å². The number of rotatable bonds is 5. The van der Waals surface area contributed by atoms with Gasteiger partial charge >= 0.3 is 6.18 Å². The fourth-order valence-corrected chi connectivity index (χ4v) is 1.28. The fraction of sp³-hybridized carbons (Fsp3) is 0.556. The predicted octanol–water partition coefficient (Wildman–Crippen LogP) is 1.86. The number of hydrogen-bond donors (Lipinski definition) is 2. The molecule has 2 N–H and O–H groups in total. The van der Waals surface area contributed by atoms with Gasteiger partial charge in [-0.15, -0.1) is 0 Å². The lowest BCUT2D eigenvalue weighted by Gasteiger charge is -2.15. The van der Waals surface area contributed by atoms with E-state index in [-0.39, 0.29) is 16.9 Å². The molecule has 0 amide bonds. The van der Waals surface area contributed by atoms with Crippen molar-refractivity contribution in [3.05, 3.63) is 11.5 Å². The molecule has 0 saturated carbocycles. The maximum Gasteiger partial charge on any atom is 0.391 e. The Morgan fingerprint density at radius 1 is 1.56 bits per heavy atom. The summed E-state index contributed by atoms with van der Waals surface area (Å²) in [4.78, 5) is 7.38. The van der Waals surface area contributed by atoms with Crippen LogP contribution in [0.3, 0.4) is 0 Å². The molecule has 5 nitrogen and oxygen atoms in total. The second-order valence-corrected chi connectivity index (χ2v) is 3.72. The van der Waals surface area contributed by atoms with Gasteiger partial charge in [-0.3, -0.25) is 0 Å². The molecule has 18 heavy (non-hydrogen) atoms. The molecule has 102 valence electrons. The molecule has 9 heteroatoms. The van der Waals surface area contributed by atoms with E-state index in [0.717, 1.165) is 0 Å². The second kappa shape index (κ2) is 6.05. The van der Waals surface area contributed by atoms with E-state index >= 15 is 0 Å². The number of nitrogens with one attached hydrogen (secondary N) is 1. The minimum atomic E-state index is -4.44. The lowest BCUT2D eigenvalue weighted by molar-refractivity contribution is -0.156. The first-order chi connectivity index (χ1) is 8.31. The molecule has 1 rings (SSSR count). The lowest BCUT2D eigenvalue weighted by Crippen LogP contribution is -2.25. The molecule has 0 bridgehead atoms. The van der Waals surface area contributed by atoms with Gasteiger partial charge < -0.3 is 15.2 Å². The van der Waals surface area contributed by atoms with E-state index in [1.165, 1.54) is 13.2 Å². The molecule has 0 aliphatic heterocycles. The van der Waals surface area contributed by atoms with Crippen LogP contribution < -0.4 is 10.1 Å². The molecule has 0 aromatic carbocycles. The van der Waals surface area contributed by atoms with Crippen LogP contribution in [0.5, 0.6) is 5.75 Å². The van der Waals surface area contributed by atoms with E-state index in [9.17, 15) is 13.2 Å². The van der Waals surface area contributed by atoms with Gasteiger partial charge in [0.15, 0.2) is 11.6 Å². The van der Waals surface area contributed by atoms with E-state index in [1.807, 2.05) is 0 Å². The van der Waals surface area contributed by atoms with Crippen molar-refractivity contribution >= 4 is 17.4 Å². The van der Waals surface area contributed by atoms with Gasteiger partial charge in [-0.25, -0.2) is 4.98 Å².